The Balaban J connectivity index is 1.22. The summed E-state index contributed by atoms with van der Waals surface area (Å²) >= 11 is 0. The highest BCUT2D eigenvalue weighted by Crippen LogP contribution is 2.45. The van der Waals surface area contributed by atoms with Crippen LogP contribution in [-0.4, -0.2) is 79.2 Å². The number of piperidine rings is 1. The van der Waals surface area contributed by atoms with Gasteiger partial charge in [0.15, 0.2) is 5.75 Å². The summed E-state index contributed by atoms with van der Waals surface area (Å²) in [4.78, 5) is 23.2. The molecule has 1 N–H and O–H groups in total. The number of ether oxygens (including phenoxy) is 2. The van der Waals surface area contributed by atoms with Crippen LogP contribution in [0.2, 0.25) is 0 Å². The Kier molecular flexibility index (Phi) is 6.73. The maximum Gasteiger partial charge on any atom is 0.246 e. The number of morpholine rings is 1. The molecule has 5 heterocycles. The van der Waals surface area contributed by atoms with Crippen molar-refractivity contribution in [1.29, 1.82) is 0 Å². The average Bonchev–Trinajstić information content (AvgIpc) is 3.08. The van der Waals surface area contributed by atoms with Gasteiger partial charge in [0.1, 0.15) is 11.9 Å². The summed E-state index contributed by atoms with van der Waals surface area (Å²) in [5.41, 5.74) is 5.08. The first kappa shape index (κ1) is 24.8. The van der Waals surface area contributed by atoms with Gasteiger partial charge in [0.25, 0.3) is 0 Å². The van der Waals surface area contributed by atoms with Crippen LogP contribution < -0.4 is 15.0 Å². The fourth-order valence-corrected chi connectivity index (χ4v) is 6.21. The van der Waals surface area contributed by atoms with Gasteiger partial charge in [-0.3, -0.25) is 9.69 Å². The van der Waals surface area contributed by atoms with E-state index >= 15 is 0 Å². The highest BCUT2D eigenvalue weighted by atomic mass is 16.5. The lowest BCUT2D eigenvalue weighted by atomic mass is 9.87. The smallest absolute Gasteiger partial charge is 0.246 e. The van der Waals surface area contributed by atoms with Gasteiger partial charge in [0.2, 0.25) is 5.91 Å². The molecule has 0 saturated carbocycles. The first-order chi connectivity index (χ1) is 18.6. The summed E-state index contributed by atoms with van der Waals surface area (Å²) in [6.07, 6.45) is 11.2. The van der Waals surface area contributed by atoms with Crippen LogP contribution in [0.25, 0.3) is 0 Å². The molecule has 4 aliphatic rings. The van der Waals surface area contributed by atoms with Gasteiger partial charge in [0, 0.05) is 44.1 Å². The maximum atomic E-state index is 11.8. The van der Waals surface area contributed by atoms with Gasteiger partial charge < -0.3 is 24.6 Å². The Morgan fingerprint density at radius 3 is 2.68 bits per heavy atom. The zero-order valence-electron chi connectivity index (χ0n) is 22.0. The van der Waals surface area contributed by atoms with E-state index in [1.165, 1.54) is 11.6 Å². The molecule has 1 amide bonds. The van der Waals surface area contributed by atoms with Crippen LogP contribution in [0.5, 0.6) is 5.75 Å². The molecule has 0 spiro atoms. The lowest BCUT2D eigenvalue weighted by Gasteiger charge is -2.47. The van der Waals surface area contributed by atoms with Crippen LogP contribution in [0.15, 0.2) is 37.1 Å². The molecule has 8 nitrogen and oxygen atoms in total. The van der Waals surface area contributed by atoms with Crippen molar-refractivity contribution in [3.8, 4) is 18.1 Å². The number of terminal acetylenes is 1. The average molecular weight is 514 g/mol. The predicted octanol–water partition coefficient (Wildman–Crippen LogP) is 3.67. The molecule has 0 radical (unpaired) electrons. The maximum absolute atomic E-state index is 11.8. The minimum Gasteiger partial charge on any atom is -0.482 e. The summed E-state index contributed by atoms with van der Waals surface area (Å²) in [6.45, 7) is 12.4. The lowest BCUT2D eigenvalue weighted by Crippen LogP contribution is -2.61. The van der Waals surface area contributed by atoms with Gasteiger partial charge in [0.05, 0.1) is 30.0 Å². The van der Waals surface area contributed by atoms with E-state index in [-0.39, 0.29) is 12.0 Å². The third kappa shape index (κ3) is 4.50. The number of pyridine rings is 1. The lowest BCUT2D eigenvalue weighted by molar-refractivity contribution is -0.133. The quantitative estimate of drug-likeness (QED) is 0.494. The molecule has 2 aromatic rings. The Bertz CT molecular complexity index is 1270. The van der Waals surface area contributed by atoms with E-state index in [2.05, 4.69) is 52.7 Å². The van der Waals surface area contributed by atoms with Crippen molar-refractivity contribution in [3.63, 3.8) is 0 Å². The number of nitrogens with one attached hydrogen (secondary N) is 1. The third-order valence-corrected chi connectivity index (χ3v) is 8.41. The Morgan fingerprint density at radius 2 is 1.97 bits per heavy atom. The monoisotopic (exact) mass is 513 g/mol. The fourth-order valence-electron chi connectivity index (χ4n) is 6.21. The standard InChI is InChI=1S/C30H35N5O3/c1-4-21-16-23(22-7-10-33(11-8-22)24-18-35(19-24)27(36)5-2)17-25-29(21)38-20(3)28-26(6-9-31-30(28)32-25)34-12-14-37-15-13-34/h1,5-6,9,16-17,20,22,24H,2,7-8,10-15,18-19H2,3H3,(H,31,32)/t20-/m0/s1. The van der Waals surface area contributed by atoms with E-state index in [9.17, 15) is 4.79 Å². The molecule has 6 rings (SSSR count). The van der Waals surface area contributed by atoms with Gasteiger partial charge in [-0.25, -0.2) is 4.98 Å². The third-order valence-electron chi connectivity index (χ3n) is 8.41. The van der Waals surface area contributed by atoms with Crippen LogP contribution >= 0.6 is 0 Å². The number of aromatic nitrogens is 1. The van der Waals surface area contributed by atoms with Crippen molar-refractivity contribution in [1.82, 2.24) is 14.8 Å². The van der Waals surface area contributed by atoms with Crippen molar-refractivity contribution in [2.75, 3.05) is 62.7 Å². The molecule has 4 aliphatic heterocycles. The molecule has 38 heavy (non-hydrogen) atoms. The normalized spacial score (nSPS) is 22.2. The van der Waals surface area contributed by atoms with Gasteiger partial charge in [-0.2, -0.15) is 0 Å². The number of benzene rings is 1. The first-order valence-electron chi connectivity index (χ1n) is 13.6. The number of carbonyl (C=O) groups excluding carboxylic acids is 1. The molecule has 0 aliphatic carbocycles. The molecule has 0 unspecified atom stereocenters. The number of fused-ring (bicyclic) bond motifs is 2. The van der Waals surface area contributed by atoms with Crippen LogP contribution in [0.1, 0.15) is 48.5 Å². The predicted molar refractivity (Wildman–Crippen MR) is 148 cm³/mol. The zero-order chi connectivity index (χ0) is 26.2. The van der Waals surface area contributed by atoms with Crippen molar-refractivity contribution < 1.29 is 14.3 Å². The number of rotatable bonds is 4. The molecule has 8 heteroatoms. The number of anilines is 3. The number of nitrogens with zero attached hydrogens (tertiary/aromatic N) is 4. The van der Waals surface area contributed by atoms with Crippen molar-refractivity contribution >= 4 is 23.1 Å². The molecule has 3 fully saturated rings. The van der Waals surface area contributed by atoms with Crippen LogP contribution in [0.3, 0.4) is 0 Å². The zero-order valence-corrected chi connectivity index (χ0v) is 22.0. The van der Waals surface area contributed by atoms with Gasteiger partial charge >= 0.3 is 0 Å². The molecular weight excluding hydrogens is 478 g/mol. The molecule has 3 saturated heterocycles. The number of hydrogen-bond donors (Lipinski definition) is 1. The topological polar surface area (TPSA) is 70.2 Å². The molecule has 0 bridgehead atoms. The molecule has 1 atom stereocenters. The second-order valence-corrected chi connectivity index (χ2v) is 10.6. The van der Waals surface area contributed by atoms with Crippen LogP contribution in [-0.2, 0) is 9.53 Å². The van der Waals surface area contributed by atoms with E-state index in [1.807, 2.05) is 11.1 Å². The second kappa shape index (κ2) is 10.3. The van der Waals surface area contributed by atoms with Crippen molar-refractivity contribution in [2.45, 2.75) is 37.8 Å². The highest BCUT2D eigenvalue weighted by molar-refractivity contribution is 5.87. The number of amides is 1. The number of likely N-dealkylation sites (tertiary alicyclic amines) is 2. The second-order valence-electron chi connectivity index (χ2n) is 10.6. The number of hydrogen-bond acceptors (Lipinski definition) is 7. The molecular formula is C30H35N5O3. The van der Waals surface area contributed by atoms with Crippen LogP contribution in [0, 0.1) is 12.3 Å². The molecule has 1 aromatic carbocycles. The van der Waals surface area contributed by atoms with E-state index in [1.54, 1.807) is 0 Å². The van der Waals surface area contributed by atoms with Gasteiger partial charge in [-0.05, 0) is 68.6 Å². The van der Waals surface area contributed by atoms with E-state index < -0.39 is 0 Å². The summed E-state index contributed by atoms with van der Waals surface area (Å²) in [5.74, 6) is 4.87. The summed E-state index contributed by atoms with van der Waals surface area (Å²) < 4.78 is 12.1. The van der Waals surface area contributed by atoms with Gasteiger partial charge in [-0.1, -0.05) is 12.5 Å². The highest BCUT2D eigenvalue weighted by Gasteiger charge is 2.36. The van der Waals surface area contributed by atoms with Crippen molar-refractivity contribution in [2.24, 2.45) is 0 Å². The number of carbonyl (C=O) groups is 1. The summed E-state index contributed by atoms with van der Waals surface area (Å²) in [7, 11) is 0. The fraction of sp³-hybridized carbons (Fsp3) is 0.467. The van der Waals surface area contributed by atoms with Gasteiger partial charge in [-0.15, -0.1) is 6.42 Å². The minimum absolute atomic E-state index is 0.0279. The Labute approximate surface area is 224 Å². The first-order valence-corrected chi connectivity index (χ1v) is 13.6. The largest absolute Gasteiger partial charge is 0.482 e. The Hall–Kier alpha value is -3.54. The van der Waals surface area contributed by atoms with Crippen molar-refractivity contribution in [3.05, 3.63) is 53.7 Å². The molecule has 198 valence electrons. The Morgan fingerprint density at radius 1 is 1.21 bits per heavy atom. The minimum atomic E-state index is -0.207. The summed E-state index contributed by atoms with van der Waals surface area (Å²) in [5, 5.41) is 3.59. The SMILES string of the molecule is C#Cc1cc(C2CCN(C3CN(C(=O)C=C)C3)CC2)cc2c1O[C@@H](C)c1c(N3CCOCC3)ccnc1N2. The van der Waals surface area contributed by atoms with Crippen LogP contribution in [0.4, 0.5) is 17.2 Å². The molecule has 1 aromatic heterocycles. The van der Waals surface area contributed by atoms with E-state index in [0.29, 0.717) is 17.7 Å². The van der Waals surface area contributed by atoms with E-state index in [4.69, 9.17) is 20.9 Å². The summed E-state index contributed by atoms with van der Waals surface area (Å²) in [6, 6.07) is 6.86. The van der Waals surface area contributed by atoms with E-state index in [0.717, 1.165) is 93.6 Å².